The smallest absolute Gasteiger partial charge is 0.258 e. The summed E-state index contributed by atoms with van der Waals surface area (Å²) in [5.74, 6) is 0.141. The number of pyridine rings is 2. The normalized spacial score (nSPS) is 12.6. The molecule has 7 nitrogen and oxygen atoms in total. The number of anilines is 1. The number of H-pyrrole nitrogens is 1. The van der Waals surface area contributed by atoms with E-state index < -0.39 is 0 Å². The summed E-state index contributed by atoms with van der Waals surface area (Å²) in [4.78, 5) is 36.1. The summed E-state index contributed by atoms with van der Waals surface area (Å²) in [6.45, 7) is 0.318. The molecule has 0 unspecified atom stereocenters. The molecule has 8 heteroatoms. The number of nitrogens with one attached hydrogen (secondary N) is 2. The van der Waals surface area contributed by atoms with Crippen molar-refractivity contribution in [3.05, 3.63) is 71.6 Å². The first kappa shape index (κ1) is 19.6. The zero-order valence-electron chi connectivity index (χ0n) is 15.0. The van der Waals surface area contributed by atoms with Crippen molar-refractivity contribution >= 4 is 29.8 Å². The highest BCUT2D eigenvalue weighted by atomic mass is 35.5. The molecule has 1 aliphatic rings. The van der Waals surface area contributed by atoms with Crippen LogP contribution in [0.25, 0.3) is 0 Å². The fourth-order valence-corrected chi connectivity index (χ4v) is 3.15. The number of aromatic nitrogens is 3. The number of carbonyl (C=O) groups excluding carboxylic acids is 2. The molecule has 0 bridgehead atoms. The van der Waals surface area contributed by atoms with E-state index in [9.17, 15) is 9.59 Å². The van der Waals surface area contributed by atoms with E-state index in [1.165, 1.54) is 6.20 Å². The minimum atomic E-state index is -0.359. The number of hydrogen-bond donors (Lipinski definition) is 2. The SMILES string of the molecule is Cl.O=C(Nc1cnccc1OCc1cccnc1)c1c[nH]c2c1C(=O)CCC2. The largest absolute Gasteiger partial charge is 0.487 e. The van der Waals surface area contributed by atoms with Crippen molar-refractivity contribution in [1.29, 1.82) is 0 Å². The molecule has 0 aromatic carbocycles. The molecule has 2 N–H and O–H groups in total. The van der Waals surface area contributed by atoms with Gasteiger partial charge >= 0.3 is 0 Å². The number of fused-ring (bicyclic) bond motifs is 1. The molecule has 0 spiro atoms. The van der Waals surface area contributed by atoms with E-state index in [1.807, 2.05) is 12.1 Å². The Labute approximate surface area is 168 Å². The van der Waals surface area contributed by atoms with Crippen molar-refractivity contribution in [3.8, 4) is 5.75 Å². The maximum Gasteiger partial charge on any atom is 0.258 e. The van der Waals surface area contributed by atoms with E-state index >= 15 is 0 Å². The number of aryl methyl sites for hydroxylation is 1. The number of rotatable bonds is 5. The third kappa shape index (κ3) is 4.04. The van der Waals surface area contributed by atoms with Gasteiger partial charge in [-0.25, -0.2) is 0 Å². The van der Waals surface area contributed by atoms with Crippen LogP contribution in [0.1, 0.15) is 44.8 Å². The number of amides is 1. The Morgan fingerprint density at radius 2 is 2.04 bits per heavy atom. The number of aromatic amines is 1. The van der Waals surface area contributed by atoms with Crippen LogP contribution in [0.3, 0.4) is 0 Å². The molecule has 0 aliphatic heterocycles. The summed E-state index contributed by atoms with van der Waals surface area (Å²) in [6.07, 6.45) is 10.2. The van der Waals surface area contributed by atoms with Crippen LogP contribution in [0.2, 0.25) is 0 Å². The van der Waals surface area contributed by atoms with Crippen LogP contribution in [-0.4, -0.2) is 26.6 Å². The summed E-state index contributed by atoms with van der Waals surface area (Å²) in [5.41, 5.74) is 3.05. The van der Waals surface area contributed by atoms with Crippen molar-refractivity contribution in [2.24, 2.45) is 0 Å². The van der Waals surface area contributed by atoms with Gasteiger partial charge in [0.05, 0.1) is 17.3 Å². The van der Waals surface area contributed by atoms with Gasteiger partial charge in [0.2, 0.25) is 0 Å². The van der Waals surface area contributed by atoms with Gasteiger partial charge in [0, 0.05) is 48.5 Å². The summed E-state index contributed by atoms with van der Waals surface area (Å²) in [7, 11) is 0. The molecular formula is C20H19ClN4O3. The fraction of sp³-hybridized carbons (Fsp3) is 0.200. The molecule has 3 aromatic heterocycles. The van der Waals surface area contributed by atoms with Gasteiger partial charge in [-0.2, -0.15) is 0 Å². The molecule has 3 heterocycles. The zero-order valence-corrected chi connectivity index (χ0v) is 15.8. The third-order valence-corrected chi connectivity index (χ3v) is 4.46. The fourth-order valence-electron chi connectivity index (χ4n) is 3.15. The highest BCUT2D eigenvalue weighted by molar-refractivity contribution is 6.13. The van der Waals surface area contributed by atoms with E-state index in [2.05, 4.69) is 20.3 Å². The summed E-state index contributed by atoms with van der Waals surface area (Å²) >= 11 is 0. The van der Waals surface area contributed by atoms with Gasteiger partial charge in [-0.05, 0) is 18.9 Å². The lowest BCUT2D eigenvalue weighted by molar-refractivity contribution is 0.0956. The van der Waals surface area contributed by atoms with Crippen molar-refractivity contribution in [1.82, 2.24) is 15.0 Å². The van der Waals surface area contributed by atoms with Gasteiger partial charge in [0.1, 0.15) is 18.0 Å². The quantitative estimate of drug-likeness (QED) is 0.684. The maximum absolute atomic E-state index is 12.7. The number of ketones is 1. The molecule has 0 saturated heterocycles. The monoisotopic (exact) mass is 398 g/mol. The molecule has 0 saturated carbocycles. The van der Waals surface area contributed by atoms with Gasteiger partial charge in [0.25, 0.3) is 5.91 Å². The molecular weight excluding hydrogens is 380 g/mol. The molecule has 0 radical (unpaired) electrons. The lowest BCUT2D eigenvalue weighted by Gasteiger charge is -2.13. The highest BCUT2D eigenvalue weighted by Crippen LogP contribution is 2.27. The van der Waals surface area contributed by atoms with Crippen molar-refractivity contribution in [2.45, 2.75) is 25.9 Å². The Hall–Kier alpha value is -3.19. The van der Waals surface area contributed by atoms with Crippen molar-refractivity contribution < 1.29 is 14.3 Å². The van der Waals surface area contributed by atoms with Crippen LogP contribution in [0.15, 0.2) is 49.2 Å². The van der Waals surface area contributed by atoms with Crippen molar-refractivity contribution in [2.75, 3.05) is 5.32 Å². The maximum atomic E-state index is 12.7. The first-order chi connectivity index (χ1) is 13.2. The van der Waals surface area contributed by atoms with Gasteiger partial charge in [0.15, 0.2) is 5.78 Å². The molecule has 1 aliphatic carbocycles. The van der Waals surface area contributed by atoms with Crippen LogP contribution in [0.5, 0.6) is 5.75 Å². The number of Topliss-reactive ketones (excluding diaryl/α,β-unsaturated/α-hetero) is 1. The predicted octanol–water partition coefficient (Wildman–Crippen LogP) is 3.58. The Morgan fingerprint density at radius 1 is 1.18 bits per heavy atom. The first-order valence-corrected chi connectivity index (χ1v) is 8.73. The highest BCUT2D eigenvalue weighted by Gasteiger charge is 2.26. The summed E-state index contributed by atoms with van der Waals surface area (Å²) in [6, 6.07) is 5.42. The van der Waals surface area contributed by atoms with Crippen LogP contribution in [0, 0.1) is 0 Å². The van der Waals surface area contributed by atoms with Gasteiger partial charge < -0.3 is 15.0 Å². The molecule has 4 rings (SSSR count). The average Bonchev–Trinajstić information content (AvgIpc) is 3.14. The topological polar surface area (TPSA) is 97.0 Å². The summed E-state index contributed by atoms with van der Waals surface area (Å²) < 4.78 is 5.81. The van der Waals surface area contributed by atoms with E-state index in [-0.39, 0.29) is 24.1 Å². The molecule has 0 atom stereocenters. The predicted molar refractivity (Wildman–Crippen MR) is 106 cm³/mol. The van der Waals surface area contributed by atoms with Crippen LogP contribution >= 0.6 is 12.4 Å². The molecule has 1 amide bonds. The van der Waals surface area contributed by atoms with Crippen molar-refractivity contribution in [3.63, 3.8) is 0 Å². The van der Waals surface area contributed by atoms with Crippen LogP contribution < -0.4 is 10.1 Å². The van der Waals surface area contributed by atoms with Gasteiger partial charge in [-0.1, -0.05) is 6.07 Å². The second-order valence-electron chi connectivity index (χ2n) is 6.31. The standard InChI is InChI=1S/C20H18N4O3.ClH/c25-17-5-1-4-15-19(17)14(10-23-15)20(26)24-16-11-22-8-6-18(16)27-12-13-3-2-7-21-9-13;/h2-3,6-11,23H,1,4-5,12H2,(H,24,26);1H. The van der Waals surface area contributed by atoms with Gasteiger partial charge in [-0.15, -0.1) is 12.4 Å². The number of halogens is 1. The molecule has 3 aromatic rings. The van der Waals surface area contributed by atoms with E-state index in [0.717, 1.165) is 24.1 Å². The Morgan fingerprint density at radius 3 is 2.86 bits per heavy atom. The second-order valence-corrected chi connectivity index (χ2v) is 6.31. The van der Waals surface area contributed by atoms with Gasteiger partial charge in [-0.3, -0.25) is 19.6 Å². The summed E-state index contributed by atoms with van der Waals surface area (Å²) in [5, 5.41) is 2.81. The minimum Gasteiger partial charge on any atom is -0.487 e. The third-order valence-electron chi connectivity index (χ3n) is 4.46. The molecule has 0 fully saturated rings. The Bertz CT molecular complexity index is 988. The number of hydrogen-bond acceptors (Lipinski definition) is 5. The van der Waals surface area contributed by atoms with E-state index in [0.29, 0.717) is 35.6 Å². The Kier molecular flexibility index (Phi) is 6.06. The molecule has 28 heavy (non-hydrogen) atoms. The zero-order chi connectivity index (χ0) is 18.6. The average molecular weight is 399 g/mol. The Balaban J connectivity index is 0.00000225. The van der Waals surface area contributed by atoms with E-state index in [1.54, 1.807) is 30.9 Å². The van der Waals surface area contributed by atoms with Crippen LogP contribution in [-0.2, 0) is 13.0 Å². The number of nitrogens with zero attached hydrogens (tertiary/aromatic N) is 2. The lowest BCUT2D eigenvalue weighted by Crippen LogP contribution is -2.18. The first-order valence-electron chi connectivity index (χ1n) is 8.73. The minimum absolute atomic E-state index is 0. The molecule has 144 valence electrons. The van der Waals surface area contributed by atoms with E-state index in [4.69, 9.17) is 4.74 Å². The van der Waals surface area contributed by atoms with Crippen LogP contribution in [0.4, 0.5) is 5.69 Å². The second kappa shape index (κ2) is 8.67. The lowest BCUT2D eigenvalue weighted by atomic mass is 9.93. The number of carbonyl (C=O) groups is 2. The number of ether oxygens (including phenoxy) is 1.